The fourth-order valence-electron chi connectivity index (χ4n) is 2.14. The largest absolute Gasteiger partial charge is 0.507 e. The van der Waals surface area contributed by atoms with Gasteiger partial charge in [0.25, 0.3) is 11.8 Å². The number of phenolic OH excluding ortho intramolecular Hbond substituents is 1. The van der Waals surface area contributed by atoms with E-state index in [2.05, 4.69) is 15.8 Å². The number of halogens is 1. The van der Waals surface area contributed by atoms with Crippen LogP contribution in [0.3, 0.4) is 0 Å². The van der Waals surface area contributed by atoms with E-state index >= 15 is 0 Å². The minimum Gasteiger partial charge on any atom is -0.507 e. The predicted molar refractivity (Wildman–Crippen MR) is 81.3 cm³/mol. The number of aromatic amines is 1. The molecule has 0 spiro atoms. The van der Waals surface area contributed by atoms with Gasteiger partial charge in [0.1, 0.15) is 17.3 Å². The number of fused-ring (bicyclic) bond motifs is 1. The number of amides is 2. The normalized spacial score (nSPS) is 10.5. The number of hydrazine groups is 1. The van der Waals surface area contributed by atoms with E-state index in [1.54, 1.807) is 12.1 Å². The van der Waals surface area contributed by atoms with Gasteiger partial charge in [0.05, 0.1) is 5.56 Å². The van der Waals surface area contributed by atoms with Crippen molar-refractivity contribution in [3.8, 4) is 5.75 Å². The molecular formula is C16H12FN3O3. The summed E-state index contributed by atoms with van der Waals surface area (Å²) in [5.41, 5.74) is 5.23. The van der Waals surface area contributed by atoms with Crippen LogP contribution < -0.4 is 10.9 Å². The van der Waals surface area contributed by atoms with E-state index in [9.17, 15) is 19.1 Å². The number of carbonyl (C=O) groups excluding carboxylic acids is 2. The second-order valence-corrected chi connectivity index (χ2v) is 4.84. The van der Waals surface area contributed by atoms with Gasteiger partial charge in [-0.2, -0.15) is 0 Å². The lowest BCUT2D eigenvalue weighted by molar-refractivity contribution is 0.0843. The van der Waals surface area contributed by atoms with Gasteiger partial charge in [-0.1, -0.05) is 12.1 Å². The van der Waals surface area contributed by atoms with Crippen molar-refractivity contribution in [3.63, 3.8) is 0 Å². The summed E-state index contributed by atoms with van der Waals surface area (Å²) in [6.45, 7) is 0. The molecule has 0 atom stereocenters. The molecule has 3 rings (SSSR count). The number of aromatic nitrogens is 1. The van der Waals surface area contributed by atoms with Gasteiger partial charge < -0.3 is 10.1 Å². The molecule has 116 valence electrons. The summed E-state index contributed by atoms with van der Waals surface area (Å²) >= 11 is 0. The number of para-hydroxylation sites is 1. The maximum atomic E-state index is 13.1. The number of rotatable bonds is 2. The number of hydrogen-bond acceptors (Lipinski definition) is 3. The molecule has 0 aliphatic heterocycles. The number of benzene rings is 2. The molecule has 3 aromatic rings. The van der Waals surface area contributed by atoms with Crippen LogP contribution in [-0.4, -0.2) is 21.9 Å². The number of aromatic hydroxyl groups is 1. The number of phenols is 1. The van der Waals surface area contributed by atoms with Gasteiger partial charge in [0.15, 0.2) is 0 Å². The Labute approximate surface area is 129 Å². The highest BCUT2D eigenvalue weighted by molar-refractivity contribution is 6.01. The average Bonchev–Trinajstić information content (AvgIpc) is 2.95. The number of H-pyrrole nitrogens is 1. The second kappa shape index (κ2) is 5.80. The van der Waals surface area contributed by atoms with E-state index in [-0.39, 0.29) is 17.0 Å². The number of hydrogen-bond donors (Lipinski definition) is 4. The SMILES string of the molecule is O=C(NNC(=O)c1ccccc1O)c1cc2cc(F)ccc2[nH]1. The summed E-state index contributed by atoms with van der Waals surface area (Å²) in [6.07, 6.45) is 0. The Kier molecular flexibility index (Phi) is 3.68. The minimum absolute atomic E-state index is 0.0338. The molecule has 0 aliphatic rings. The minimum atomic E-state index is -0.654. The van der Waals surface area contributed by atoms with Crippen molar-refractivity contribution < 1.29 is 19.1 Å². The summed E-state index contributed by atoms with van der Waals surface area (Å²) in [5, 5.41) is 10.1. The highest BCUT2D eigenvalue weighted by Crippen LogP contribution is 2.17. The molecule has 0 saturated carbocycles. The first kappa shape index (κ1) is 14.6. The van der Waals surface area contributed by atoms with Crippen LogP contribution in [0.1, 0.15) is 20.8 Å². The summed E-state index contributed by atoms with van der Waals surface area (Å²) in [4.78, 5) is 26.7. The predicted octanol–water partition coefficient (Wildman–Crippen LogP) is 2.09. The Morgan fingerprint density at radius 1 is 1.00 bits per heavy atom. The number of carbonyl (C=O) groups is 2. The Morgan fingerprint density at radius 3 is 2.52 bits per heavy atom. The van der Waals surface area contributed by atoms with Crippen LogP contribution in [-0.2, 0) is 0 Å². The Bertz CT molecular complexity index is 904. The van der Waals surface area contributed by atoms with Gasteiger partial charge in [-0.25, -0.2) is 4.39 Å². The van der Waals surface area contributed by atoms with Crippen molar-refractivity contribution in [1.82, 2.24) is 15.8 Å². The van der Waals surface area contributed by atoms with Crippen LogP contribution in [0.15, 0.2) is 48.5 Å². The molecule has 1 heterocycles. The van der Waals surface area contributed by atoms with Crippen LogP contribution in [0.2, 0.25) is 0 Å². The van der Waals surface area contributed by atoms with Crippen LogP contribution >= 0.6 is 0 Å². The van der Waals surface area contributed by atoms with Gasteiger partial charge in [0.2, 0.25) is 0 Å². The second-order valence-electron chi connectivity index (χ2n) is 4.84. The van der Waals surface area contributed by atoms with Gasteiger partial charge in [-0.15, -0.1) is 0 Å². The van der Waals surface area contributed by atoms with Crippen molar-refractivity contribution in [2.45, 2.75) is 0 Å². The van der Waals surface area contributed by atoms with Crippen LogP contribution in [0.25, 0.3) is 10.9 Å². The Morgan fingerprint density at radius 2 is 1.74 bits per heavy atom. The molecule has 7 heteroatoms. The lowest BCUT2D eigenvalue weighted by Crippen LogP contribution is -2.41. The highest BCUT2D eigenvalue weighted by atomic mass is 19.1. The van der Waals surface area contributed by atoms with E-state index in [4.69, 9.17) is 0 Å². The summed E-state index contributed by atoms with van der Waals surface area (Å²) in [7, 11) is 0. The fourth-order valence-corrected chi connectivity index (χ4v) is 2.14. The summed E-state index contributed by atoms with van der Waals surface area (Å²) < 4.78 is 13.1. The first-order chi connectivity index (χ1) is 11.0. The molecule has 2 amide bonds. The Balaban J connectivity index is 1.71. The number of nitrogens with one attached hydrogen (secondary N) is 3. The molecule has 0 bridgehead atoms. The third-order valence-corrected chi connectivity index (χ3v) is 3.27. The molecule has 1 aromatic heterocycles. The molecule has 0 radical (unpaired) electrons. The average molecular weight is 313 g/mol. The van der Waals surface area contributed by atoms with Crippen molar-refractivity contribution in [2.75, 3.05) is 0 Å². The monoisotopic (exact) mass is 313 g/mol. The fraction of sp³-hybridized carbons (Fsp3) is 0. The molecule has 0 aliphatic carbocycles. The van der Waals surface area contributed by atoms with Gasteiger partial charge in [-0.05, 0) is 36.4 Å². The first-order valence-electron chi connectivity index (χ1n) is 6.71. The summed E-state index contributed by atoms with van der Waals surface area (Å²) in [5.74, 6) is -1.85. The zero-order valence-corrected chi connectivity index (χ0v) is 11.8. The van der Waals surface area contributed by atoms with Crippen molar-refractivity contribution in [2.24, 2.45) is 0 Å². The molecular weight excluding hydrogens is 301 g/mol. The highest BCUT2D eigenvalue weighted by Gasteiger charge is 2.13. The van der Waals surface area contributed by atoms with Crippen molar-refractivity contribution in [1.29, 1.82) is 0 Å². The maximum absolute atomic E-state index is 13.1. The molecule has 6 nitrogen and oxygen atoms in total. The van der Waals surface area contributed by atoms with Crippen LogP contribution in [0.4, 0.5) is 4.39 Å². The molecule has 4 N–H and O–H groups in total. The van der Waals surface area contributed by atoms with E-state index in [1.807, 2.05) is 0 Å². The molecule has 0 unspecified atom stereocenters. The quantitative estimate of drug-likeness (QED) is 0.546. The van der Waals surface area contributed by atoms with E-state index in [0.29, 0.717) is 10.9 Å². The zero-order chi connectivity index (χ0) is 16.4. The van der Waals surface area contributed by atoms with Crippen LogP contribution in [0.5, 0.6) is 5.75 Å². The molecule has 2 aromatic carbocycles. The molecule has 23 heavy (non-hydrogen) atoms. The van der Waals surface area contributed by atoms with Crippen molar-refractivity contribution >= 4 is 22.7 Å². The third-order valence-electron chi connectivity index (χ3n) is 3.27. The van der Waals surface area contributed by atoms with E-state index in [1.165, 1.54) is 36.4 Å². The van der Waals surface area contributed by atoms with Gasteiger partial charge >= 0.3 is 0 Å². The smallest absolute Gasteiger partial charge is 0.286 e. The van der Waals surface area contributed by atoms with Gasteiger partial charge in [0, 0.05) is 10.9 Å². The Hall–Kier alpha value is -3.35. The molecule has 0 saturated heterocycles. The molecule has 0 fully saturated rings. The lowest BCUT2D eigenvalue weighted by Gasteiger charge is -2.07. The van der Waals surface area contributed by atoms with Crippen molar-refractivity contribution in [3.05, 3.63) is 65.6 Å². The van der Waals surface area contributed by atoms with E-state index in [0.717, 1.165) is 0 Å². The van der Waals surface area contributed by atoms with E-state index < -0.39 is 17.6 Å². The first-order valence-corrected chi connectivity index (χ1v) is 6.71. The lowest BCUT2D eigenvalue weighted by atomic mass is 10.2. The third kappa shape index (κ3) is 2.98. The standard InChI is InChI=1S/C16H12FN3O3/c17-10-5-6-12-9(7-10)8-13(18-12)16(23)20-19-15(22)11-3-1-2-4-14(11)21/h1-8,18,21H,(H,19,22)(H,20,23). The van der Waals surface area contributed by atoms with Gasteiger partial charge in [-0.3, -0.25) is 20.4 Å². The van der Waals surface area contributed by atoms with Crippen LogP contribution in [0, 0.1) is 5.82 Å². The zero-order valence-electron chi connectivity index (χ0n) is 11.8. The topological polar surface area (TPSA) is 94.2 Å². The maximum Gasteiger partial charge on any atom is 0.286 e. The summed E-state index contributed by atoms with van der Waals surface area (Å²) in [6, 6.07) is 11.5.